The maximum atomic E-state index is 12.8. The molecule has 0 bridgehead atoms. The fraction of sp³-hybridized carbons (Fsp3) is 0.444. The van der Waals surface area contributed by atoms with Crippen molar-refractivity contribution in [1.29, 1.82) is 0 Å². The maximum absolute atomic E-state index is 12.8. The molecule has 1 aliphatic carbocycles. The molecule has 0 saturated heterocycles. The molecule has 4 N–H and O–H groups in total. The van der Waals surface area contributed by atoms with Crippen LogP contribution >= 0.6 is 11.3 Å². The van der Waals surface area contributed by atoms with Gasteiger partial charge < -0.3 is 15.2 Å². The average Bonchev–Trinajstić information content (AvgIpc) is 3.33. The van der Waals surface area contributed by atoms with E-state index in [2.05, 4.69) is 20.7 Å². The van der Waals surface area contributed by atoms with E-state index < -0.39 is 21.5 Å². The third-order valence-electron chi connectivity index (χ3n) is 4.86. The standard InChI is InChI=1S/C18H22N4O4S2/c1-18(2,24)13-9-27-17(20-13)28(19,25)22-16(23)21-14-12-5-3-4-10(12)8-11-6-7-26-15(11)14/h8-9,24H,3-7H2,1-2H3,(H3,19,21,22,23,25)/t28-/m0/s1. The lowest BCUT2D eigenvalue weighted by atomic mass is 10.0. The van der Waals surface area contributed by atoms with Crippen molar-refractivity contribution in [3.63, 3.8) is 0 Å². The van der Waals surface area contributed by atoms with E-state index in [4.69, 9.17) is 9.88 Å². The summed E-state index contributed by atoms with van der Waals surface area (Å²) in [5.41, 5.74) is 3.07. The molecule has 0 spiro atoms. The molecular weight excluding hydrogens is 400 g/mol. The molecule has 0 radical (unpaired) electrons. The summed E-state index contributed by atoms with van der Waals surface area (Å²) < 4.78 is 22.2. The zero-order chi connectivity index (χ0) is 20.1. The Kier molecular flexibility index (Phi) is 4.69. The molecule has 0 fully saturated rings. The molecule has 2 amide bonds. The van der Waals surface area contributed by atoms with Crippen LogP contribution in [0.15, 0.2) is 20.1 Å². The highest BCUT2D eigenvalue weighted by Gasteiger charge is 2.27. The number of thiazole rings is 1. The quantitative estimate of drug-likeness (QED) is 0.701. The summed E-state index contributed by atoms with van der Waals surface area (Å²) in [5.74, 6) is 0.672. The van der Waals surface area contributed by atoms with Gasteiger partial charge in [-0.25, -0.2) is 19.1 Å². The van der Waals surface area contributed by atoms with Crippen LogP contribution < -0.4 is 15.2 Å². The monoisotopic (exact) mass is 422 g/mol. The number of nitrogens with one attached hydrogen (secondary N) is 1. The first-order valence-electron chi connectivity index (χ1n) is 9.00. The highest BCUT2D eigenvalue weighted by atomic mass is 32.2. The second-order valence-corrected chi connectivity index (χ2v) is 10.3. The first-order valence-corrected chi connectivity index (χ1v) is 11.5. The Morgan fingerprint density at radius 3 is 2.89 bits per heavy atom. The molecule has 0 unspecified atom stereocenters. The highest BCUT2D eigenvalue weighted by molar-refractivity contribution is 7.93. The molecule has 2 aliphatic rings. The van der Waals surface area contributed by atoms with Crippen molar-refractivity contribution in [2.24, 2.45) is 9.50 Å². The largest absolute Gasteiger partial charge is 0.491 e. The second kappa shape index (κ2) is 6.80. The van der Waals surface area contributed by atoms with Crippen molar-refractivity contribution in [2.45, 2.75) is 49.5 Å². The average molecular weight is 423 g/mol. The summed E-state index contributed by atoms with van der Waals surface area (Å²) >= 11 is 1.00. The van der Waals surface area contributed by atoms with Gasteiger partial charge in [-0.2, -0.15) is 0 Å². The van der Waals surface area contributed by atoms with Gasteiger partial charge in [-0.05, 0) is 49.8 Å². The van der Waals surface area contributed by atoms with E-state index in [1.54, 1.807) is 19.2 Å². The van der Waals surface area contributed by atoms with Crippen LogP contribution in [0, 0.1) is 0 Å². The molecule has 1 aromatic carbocycles. The lowest BCUT2D eigenvalue weighted by Gasteiger charge is -2.14. The number of nitrogens with zero attached hydrogens (tertiary/aromatic N) is 2. The van der Waals surface area contributed by atoms with Gasteiger partial charge >= 0.3 is 6.03 Å². The number of carbonyl (C=O) groups is 1. The van der Waals surface area contributed by atoms with Crippen molar-refractivity contribution in [2.75, 3.05) is 11.9 Å². The lowest BCUT2D eigenvalue weighted by molar-refractivity contribution is 0.0741. The summed E-state index contributed by atoms with van der Waals surface area (Å²) in [4.78, 5) is 16.6. The van der Waals surface area contributed by atoms with Gasteiger partial charge in [0, 0.05) is 11.8 Å². The topological polar surface area (TPSA) is 127 Å². The number of carbonyl (C=O) groups excluding carboxylic acids is 1. The Bertz CT molecular complexity index is 1050. The number of hydrogen-bond donors (Lipinski definition) is 3. The molecule has 1 aliphatic heterocycles. The number of rotatable bonds is 3. The van der Waals surface area contributed by atoms with Gasteiger partial charge in [-0.1, -0.05) is 6.07 Å². The second-order valence-electron chi connectivity index (χ2n) is 7.48. The first-order chi connectivity index (χ1) is 13.1. The third-order valence-corrected chi connectivity index (χ3v) is 7.53. The molecule has 10 heteroatoms. The van der Waals surface area contributed by atoms with E-state index in [9.17, 15) is 14.1 Å². The molecule has 2 aromatic rings. The Balaban J connectivity index is 1.65. The third kappa shape index (κ3) is 3.52. The number of aromatic nitrogens is 1. The summed E-state index contributed by atoms with van der Waals surface area (Å²) in [6.45, 7) is 3.69. The van der Waals surface area contributed by atoms with Crippen molar-refractivity contribution in [3.8, 4) is 5.75 Å². The van der Waals surface area contributed by atoms with Crippen molar-refractivity contribution >= 4 is 33.0 Å². The number of urea groups is 1. The molecule has 150 valence electrons. The number of hydrogen-bond acceptors (Lipinski definition) is 6. The molecule has 1 aromatic heterocycles. The Morgan fingerprint density at radius 2 is 2.18 bits per heavy atom. The van der Waals surface area contributed by atoms with Crippen molar-refractivity contribution < 1.29 is 18.8 Å². The summed E-state index contributed by atoms with van der Waals surface area (Å²) in [6.07, 6.45) is 3.63. The highest BCUT2D eigenvalue weighted by Crippen LogP contribution is 2.42. The fourth-order valence-electron chi connectivity index (χ4n) is 3.50. The number of fused-ring (bicyclic) bond motifs is 2. The smallest absolute Gasteiger partial charge is 0.355 e. The summed E-state index contributed by atoms with van der Waals surface area (Å²) in [5, 5.41) is 20.1. The number of amides is 2. The minimum atomic E-state index is -3.53. The predicted octanol–water partition coefficient (Wildman–Crippen LogP) is 2.73. The molecular formula is C18H22N4O4S2. The Hall–Kier alpha value is -2.01. The van der Waals surface area contributed by atoms with E-state index in [1.165, 1.54) is 5.56 Å². The van der Waals surface area contributed by atoms with Gasteiger partial charge in [0.25, 0.3) is 0 Å². The van der Waals surface area contributed by atoms with Gasteiger partial charge in [-0.15, -0.1) is 15.7 Å². The predicted molar refractivity (Wildman–Crippen MR) is 107 cm³/mol. The van der Waals surface area contributed by atoms with E-state index in [0.717, 1.165) is 48.1 Å². The van der Waals surface area contributed by atoms with Gasteiger partial charge in [0.05, 0.1) is 18.0 Å². The molecule has 1 atom stereocenters. The van der Waals surface area contributed by atoms with Crippen LogP contribution in [0.2, 0.25) is 0 Å². The fourth-order valence-corrected chi connectivity index (χ4v) is 5.61. The number of aliphatic hydroxyl groups is 1. The van der Waals surface area contributed by atoms with E-state index in [-0.39, 0.29) is 4.34 Å². The number of nitrogens with two attached hydrogens (primary N) is 1. The number of aryl methyl sites for hydroxylation is 1. The maximum Gasteiger partial charge on any atom is 0.355 e. The van der Waals surface area contributed by atoms with Gasteiger partial charge in [-0.3, -0.25) is 0 Å². The van der Waals surface area contributed by atoms with Crippen molar-refractivity contribution in [3.05, 3.63) is 33.8 Å². The summed E-state index contributed by atoms with van der Waals surface area (Å²) in [7, 11) is -3.53. The van der Waals surface area contributed by atoms with E-state index in [1.807, 2.05) is 0 Å². The first kappa shape index (κ1) is 19.3. The van der Waals surface area contributed by atoms with Crippen molar-refractivity contribution in [1.82, 2.24) is 4.98 Å². The lowest BCUT2D eigenvalue weighted by Crippen LogP contribution is -2.20. The number of ether oxygens (including phenoxy) is 1. The van der Waals surface area contributed by atoms with Crippen LogP contribution in [0.5, 0.6) is 5.75 Å². The van der Waals surface area contributed by atoms with Crippen LogP contribution in [0.1, 0.15) is 42.7 Å². The normalized spacial score (nSPS) is 17.4. The molecule has 4 rings (SSSR count). The van der Waals surface area contributed by atoms with Crippen LogP contribution in [0.3, 0.4) is 0 Å². The van der Waals surface area contributed by atoms with Crippen LogP contribution in [-0.2, 0) is 34.8 Å². The van der Waals surface area contributed by atoms with Crippen LogP contribution in [0.25, 0.3) is 0 Å². The van der Waals surface area contributed by atoms with Gasteiger partial charge in [0.2, 0.25) is 4.34 Å². The minimum absolute atomic E-state index is 0.000422. The minimum Gasteiger partial charge on any atom is -0.491 e. The summed E-state index contributed by atoms with van der Waals surface area (Å²) in [6, 6.07) is 1.35. The van der Waals surface area contributed by atoms with Crippen LogP contribution in [0.4, 0.5) is 10.5 Å². The SMILES string of the molecule is CC(C)(O)c1csc([S@@](N)(=O)=NC(=O)Nc2c3c(cc4c2OCC4)CCC3)n1. The van der Waals surface area contributed by atoms with E-state index >= 15 is 0 Å². The zero-order valence-electron chi connectivity index (χ0n) is 15.7. The zero-order valence-corrected chi connectivity index (χ0v) is 17.3. The molecule has 8 nitrogen and oxygen atoms in total. The van der Waals surface area contributed by atoms with E-state index in [0.29, 0.717) is 23.7 Å². The van der Waals surface area contributed by atoms with Gasteiger partial charge in [0.15, 0.2) is 9.92 Å². The molecule has 2 heterocycles. The van der Waals surface area contributed by atoms with Gasteiger partial charge in [0.1, 0.15) is 11.4 Å². The number of benzene rings is 1. The molecule has 0 saturated carbocycles. The Labute approximate surface area is 167 Å². The molecule has 28 heavy (non-hydrogen) atoms. The van der Waals surface area contributed by atoms with Crippen LogP contribution in [-0.4, -0.2) is 26.9 Å². The number of anilines is 1. The Morgan fingerprint density at radius 1 is 1.39 bits per heavy atom.